The predicted octanol–water partition coefficient (Wildman–Crippen LogP) is 6.11. The van der Waals surface area contributed by atoms with Crippen molar-refractivity contribution in [1.82, 2.24) is 9.88 Å². The summed E-state index contributed by atoms with van der Waals surface area (Å²) >= 11 is 1.23. The van der Waals surface area contributed by atoms with Gasteiger partial charge in [0.25, 0.3) is 11.6 Å². The van der Waals surface area contributed by atoms with Crippen molar-refractivity contribution in [3.05, 3.63) is 110 Å². The third-order valence-electron chi connectivity index (χ3n) is 6.00. The largest absolute Gasteiger partial charge is 0.342 e. The van der Waals surface area contributed by atoms with Crippen molar-refractivity contribution >= 4 is 51.2 Å². The molecule has 1 aliphatic rings. The predicted molar refractivity (Wildman–Crippen MR) is 141 cm³/mol. The lowest BCUT2D eigenvalue weighted by Gasteiger charge is -2.05. The normalized spacial score (nSPS) is 15.8. The summed E-state index contributed by atoms with van der Waals surface area (Å²) in [4.78, 5) is 28.6. The number of amides is 1. The van der Waals surface area contributed by atoms with Gasteiger partial charge >= 0.3 is 0 Å². The molecule has 1 aromatic heterocycles. The van der Waals surface area contributed by atoms with Crippen LogP contribution in [0.3, 0.4) is 0 Å². The van der Waals surface area contributed by atoms with Gasteiger partial charge in [-0.05, 0) is 54.9 Å². The minimum Gasteiger partial charge on any atom is -0.342 e. The van der Waals surface area contributed by atoms with Crippen LogP contribution in [0.2, 0.25) is 0 Å². The Kier molecular flexibility index (Phi) is 5.96. The van der Waals surface area contributed by atoms with E-state index in [0.29, 0.717) is 21.3 Å². The van der Waals surface area contributed by atoms with Gasteiger partial charge in [-0.1, -0.05) is 48.5 Å². The van der Waals surface area contributed by atoms with Gasteiger partial charge in [0.15, 0.2) is 5.17 Å². The molecule has 174 valence electrons. The van der Waals surface area contributed by atoms with E-state index in [1.807, 2.05) is 49.4 Å². The third kappa shape index (κ3) is 4.61. The van der Waals surface area contributed by atoms with E-state index in [1.54, 1.807) is 13.0 Å². The number of nitro groups is 1. The quantitative estimate of drug-likeness (QED) is 0.211. The fraction of sp³-hybridized carbons (Fsp3) is 0.111. The Bertz CT molecular complexity index is 1540. The summed E-state index contributed by atoms with van der Waals surface area (Å²) in [6.07, 6.45) is 3.93. The number of carbonyl (C=O) groups is 1. The molecule has 0 atom stereocenters. The first-order chi connectivity index (χ1) is 16.9. The molecule has 1 saturated heterocycles. The molecule has 1 aliphatic heterocycles. The van der Waals surface area contributed by atoms with Gasteiger partial charge in [-0.15, -0.1) is 0 Å². The number of amidine groups is 1. The molecule has 0 saturated carbocycles. The van der Waals surface area contributed by atoms with Crippen molar-refractivity contribution in [1.29, 1.82) is 0 Å². The van der Waals surface area contributed by atoms with Gasteiger partial charge in [0.05, 0.1) is 15.5 Å². The Morgan fingerprint density at radius 3 is 2.60 bits per heavy atom. The average Bonchev–Trinajstić information content (AvgIpc) is 3.36. The Balaban J connectivity index is 1.47. The molecule has 0 aliphatic carbocycles. The molecule has 1 amide bonds. The van der Waals surface area contributed by atoms with Crippen LogP contribution < -0.4 is 5.32 Å². The fourth-order valence-electron chi connectivity index (χ4n) is 4.12. The number of benzene rings is 3. The van der Waals surface area contributed by atoms with E-state index >= 15 is 0 Å². The smallest absolute Gasteiger partial charge is 0.274 e. The minimum absolute atomic E-state index is 0.0145. The number of aliphatic imine (C=N–C) groups is 1. The summed E-state index contributed by atoms with van der Waals surface area (Å²) in [5.74, 6) is -0.244. The van der Waals surface area contributed by atoms with Crippen molar-refractivity contribution in [3.63, 3.8) is 0 Å². The molecular formula is C27H22N4O3S. The van der Waals surface area contributed by atoms with Crippen LogP contribution in [0.15, 0.2) is 82.8 Å². The fourth-order valence-corrected chi connectivity index (χ4v) is 4.95. The van der Waals surface area contributed by atoms with E-state index in [9.17, 15) is 14.9 Å². The zero-order chi connectivity index (χ0) is 24.5. The van der Waals surface area contributed by atoms with Crippen LogP contribution in [0, 0.1) is 24.0 Å². The Morgan fingerprint density at radius 2 is 1.83 bits per heavy atom. The van der Waals surface area contributed by atoms with Gasteiger partial charge in [-0.25, -0.2) is 4.99 Å². The van der Waals surface area contributed by atoms with E-state index in [-0.39, 0.29) is 11.6 Å². The van der Waals surface area contributed by atoms with Crippen molar-refractivity contribution in [2.75, 3.05) is 0 Å². The summed E-state index contributed by atoms with van der Waals surface area (Å²) in [7, 11) is 0. The zero-order valence-electron chi connectivity index (χ0n) is 19.2. The number of nitrogens with zero attached hydrogens (tertiary/aromatic N) is 3. The second-order valence-corrected chi connectivity index (χ2v) is 9.39. The van der Waals surface area contributed by atoms with Gasteiger partial charge in [-0.2, -0.15) is 0 Å². The van der Waals surface area contributed by atoms with Crippen molar-refractivity contribution in [2.24, 2.45) is 4.99 Å². The van der Waals surface area contributed by atoms with Gasteiger partial charge in [0.1, 0.15) is 0 Å². The third-order valence-corrected chi connectivity index (χ3v) is 6.91. The molecule has 0 spiro atoms. The number of aryl methyl sites for hydroxylation is 1. The summed E-state index contributed by atoms with van der Waals surface area (Å²) in [6, 6.07) is 21.5. The second kappa shape index (κ2) is 9.23. The SMILES string of the molecule is Cc1cc(N=C2NC(=O)/C(=C/c3cn(Cc4ccccc4)c4ccccc34)S2)cc([N+](=O)[O-])c1C. The molecule has 3 aromatic carbocycles. The number of para-hydroxylation sites is 1. The molecule has 0 bridgehead atoms. The number of nitrogens with one attached hydrogen (secondary N) is 1. The number of carbonyl (C=O) groups excluding carboxylic acids is 1. The maximum Gasteiger partial charge on any atom is 0.274 e. The molecule has 0 unspecified atom stereocenters. The number of hydrogen-bond acceptors (Lipinski definition) is 5. The van der Waals surface area contributed by atoms with Crippen LogP contribution in [0.5, 0.6) is 0 Å². The topological polar surface area (TPSA) is 89.5 Å². The van der Waals surface area contributed by atoms with E-state index in [4.69, 9.17) is 0 Å². The molecule has 4 aromatic rings. The number of thioether (sulfide) groups is 1. The Morgan fingerprint density at radius 1 is 1.09 bits per heavy atom. The maximum absolute atomic E-state index is 12.7. The van der Waals surface area contributed by atoms with Crippen LogP contribution in [0.1, 0.15) is 22.3 Å². The van der Waals surface area contributed by atoms with E-state index in [0.717, 1.165) is 28.6 Å². The van der Waals surface area contributed by atoms with Crippen LogP contribution in [0.25, 0.3) is 17.0 Å². The number of nitro benzene ring substituents is 1. The highest BCUT2D eigenvalue weighted by atomic mass is 32.2. The second-order valence-electron chi connectivity index (χ2n) is 8.36. The highest BCUT2D eigenvalue weighted by Gasteiger charge is 2.25. The van der Waals surface area contributed by atoms with E-state index in [1.165, 1.54) is 23.4 Å². The Hall–Kier alpha value is -4.17. The van der Waals surface area contributed by atoms with Crippen molar-refractivity contribution in [3.8, 4) is 0 Å². The molecule has 35 heavy (non-hydrogen) atoms. The molecule has 7 nitrogen and oxygen atoms in total. The standard InChI is InChI=1S/C27H22N4O3S/c1-17-12-21(14-24(18(17)2)31(33)34)28-27-29-26(32)25(35-27)13-20-16-30(15-19-8-4-3-5-9-19)23-11-7-6-10-22(20)23/h3-14,16H,15H2,1-2H3,(H,28,29,32)/b25-13-. The number of rotatable bonds is 5. The number of aromatic nitrogens is 1. The lowest BCUT2D eigenvalue weighted by molar-refractivity contribution is -0.385. The monoisotopic (exact) mass is 482 g/mol. The molecule has 8 heteroatoms. The first-order valence-corrected chi connectivity index (χ1v) is 11.9. The lowest BCUT2D eigenvalue weighted by atomic mass is 10.1. The van der Waals surface area contributed by atoms with E-state index in [2.05, 4.69) is 39.3 Å². The first kappa shape index (κ1) is 22.6. The highest BCUT2D eigenvalue weighted by molar-refractivity contribution is 8.18. The number of fused-ring (bicyclic) bond motifs is 1. The van der Waals surface area contributed by atoms with Crippen LogP contribution in [-0.2, 0) is 11.3 Å². The Labute approximate surface area is 206 Å². The molecule has 2 heterocycles. The maximum atomic E-state index is 12.7. The molecule has 0 radical (unpaired) electrons. The molecule has 1 fully saturated rings. The van der Waals surface area contributed by atoms with Gasteiger partial charge < -0.3 is 9.88 Å². The summed E-state index contributed by atoms with van der Waals surface area (Å²) in [5, 5.41) is 15.6. The van der Waals surface area contributed by atoms with Gasteiger partial charge in [-0.3, -0.25) is 14.9 Å². The van der Waals surface area contributed by atoms with Crippen molar-refractivity contribution in [2.45, 2.75) is 20.4 Å². The van der Waals surface area contributed by atoms with Crippen molar-refractivity contribution < 1.29 is 9.72 Å². The summed E-state index contributed by atoms with van der Waals surface area (Å²) in [5.41, 5.74) is 5.05. The minimum atomic E-state index is -0.414. The van der Waals surface area contributed by atoms with E-state index < -0.39 is 4.92 Å². The summed E-state index contributed by atoms with van der Waals surface area (Å²) in [6.45, 7) is 4.25. The molecule has 1 N–H and O–H groups in total. The van der Waals surface area contributed by atoms with Gasteiger partial charge in [0, 0.05) is 40.8 Å². The highest BCUT2D eigenvalue weighted by Crippen LogP contribution is 2.33. The van der Waals surface area contributed by atoms with Crippen LogP contribution >= 0.6 is 11.8 Å². The zero-order valence-corrected chi connectivity index (χ0v) is 20.0. The first-order valence-electron chi connectivity index (χ1n) is 11.1. The summed E-state index contributed by atoms with van der Waals surface area (Å²) < 4.78 is 2.18. The number of hydrogen-bond donors (Lipinski definition) is 1. The lowest BCUT2D eigenvalue weighted by Crippen LogP contribution is -2.19. The van der Waals surface area contributed by atoms with Gasteiger partial charge in [0.2, 0.25) is 0 Å². The average molecular weight is 483 g/mol. The van der Waals surface area contributed by atoms with Crippen LogP contribution in [0.4, 0.5) is 11.4 Å². The molecule has 5 rings (SSSR count). The van der Waals surface area contributed by atoms with Crippen LogP contribution in [-0.4, -0.2) is 20.6 Å². The molecular weight excluding hydrogens is 460 g/mol.